The molecule has 0 amide bonds. The summed E-state index contributed by atoms with van der Waals surface area (Å²) < 4.78 is 2.39. The fourth-order valence-electron chi connectivity index (χ4n) is 3.95. The average molecular weight is 270 g/mol. The zero-order valence-corrected chi connectivity index (χ0v) is 11.9. The molecule has 0 bridgehead atoms. The van der Waals surface area contributed by atoms with Gasteiger partial charge in [-0.25, -0.2) is 4.98 Å². The molecule has 4 nitrogen and oxygen atoms in total. The molecule has 3 aliphatic rings. The van der Waals surface area contributed by atoms with Crippen LogP contribution in [-0.4, -0.2) is 21.1 Å². The van der Waals surface area contributed by atoms with Gasteiger partial charge in [-0.2, -0.15) is 5.26 Å². The van der Waals surface area contributed by atoms with Gasteiger partial charge in [-0.15, -0.1) is 0 Å². The molecule has 2 unspecified atom stereocenters. The van der Waals surface area contributed by atoms with Crippen molar-refractivity contribution in [1.82, 2.24) is 14.9 Å². The Kier molecular flexibility index (Phi) is 2.85. The highest BCUT2D eigenvalue weighted by atomic mass is 15.1. The van der Waals surface area contributed by atoms with E-state index in [1.54, 1.807) is 0 Å². The van der Waals surface area contributed by atoms with Crippen molar-refractivity contribution >= 4 is 0 Å². The molecule has 0 spiro atoms. The first kappa shape index (κ1) is 12.4. The van der Waals surface area contributed by atoms with Gasteiger partial charge in [0.05, 0.1) is 18.1 Å². The van der Waals surface area contributed by atoms with Crippen molar-refractivity contribution in [2.45, 2.75) is 75.4 Å². The van der Waals surface area contributed by atoms with Gasteiger partial charge in [0.1, 0.15) is 5.54 Å². The van der Waals surface area contributed by atoms with Gasteiger partial charge in [-0.05, 0) is 57.8 Å². The number of rotatable bonds is 3. The normalized spacial score (nSPS) is 32.9. The molecule has 0 radical (unpaired) electrons. The molecule has 1 aromatic rings. The molecule has 20 heavy (non-hydrogen) atoms. The predicted molar refractivity (Wildman–Crippen MR) is 76.3 cm³/mol. The predicted octanol–water partition coefficient (Wildman–Crippen LogP) is 2.50. The highest BCUT2D eigenvalue weighted by Gasteiger charge is 2.43. The van der Waals surface area contributed by atoms with E-state index in [0.717, 1.165) is 25.7 Å². The molecule has 106 valence electrons. The molecule has 4 heteroatoms. The van der Waals surface area contributed by atoms with Crippen molar-refractivity contribution < 1.29 is 0 Å². The SMILES string of the molecule is N#CC1(NC2CC2)CCC(n2cnc3c2CCCC3)C1. The van der Waals surface area contributed by atoms with Crippen LogP contribution in [-0.2, 0) is 12.8 Å². The number of nitriles is 1. The van der Waals surface area contributed by atoms with Crippen LogP contribution in [0.4, 0.5) is 0 Å². The Morgan fingerprint density at radius 3 is 2.95 bits per heavy atom. The van der Waals surface area contributed by atoms with Crippen molar-refractivity contribution in [3.63, 3.8) is 0 Å². The lowest BCUT2D eigenvalue weighted by atomic mass is 9.98. The second-order valence-corrected chi connectivity index (χ2v) is 6.76. The summed E-state index contributed by atoms with van der Waals surface area (Å²) in [5.41, 5.74) is 2.47. The molecule has 1 aromatic heterocycles. The van der Waals surface area contributed by atoms with Gasteiger partial charge >= 0.3 is 0 Å². The maximum Gasteiger partial charge on any atom is 0.109 e. The van der Waals surface area contributed by atoms with E-state index in [1.165, 1.54) is 43.5 Å². The first-order valence-corrected chi connectivity index (χ1v) is 8.03. The van der Waals surface area contributed by atoms with Gasteiger partial charge in [0.15, 0.2) is 0 Å². The molecule has 1 N–H and O–H groups in total. The lowest BCUT2D eigenvalue weighted by Crippen LogP contribution is -2.43. The Hall–Kier alpha value is -1.34. The topological polar surface area (TPSA) is 53.6 Å². The Morgan fingerprint density at radius 2 is 2.15 bits per heavy atom. The number of aromatic nitrogens is 2. The van der Waals surface area contributed by atoms with Crippen LogP contribution in [0.2, 0.25) is 0 Å². The third-order valence-corrected chi connectivity index (χ3v) is 5.21. The van der Waals surface area contributed by atoms with Crippen LogP contribution >= 0.6 is 0 Å². The van der Waals surface area contributed by atoms with Gasteiger partial charge in [0.2, 0.25) is 0 Å². The minimum Gasteiger partial charge on any atom is -0.331 e. The molecule has 2 saturated carbocycles. The molecular formula is C16H22N4. The maximum atomic E-state index is 9.61. The highest BCUT2D eigenvalue weighted by molar-refractivity contribution is 5.20. The number of imidazole rings is 1. The number of hydrogen-bond donors (Lipinski definition) is 1. The molecule has 1 heterocycles. The number of nitrogens with zero attached hydrogens (tertiary/aromatic N) is 3. The van der Waals surface area contributed by atoms with Crippen LogP contribution < -0.4 is 5.32 Å². The standard InChI is InChI=1S/C16H22N4/c17-10-16(19-12-5-6-12)8-7-13(9-16)20-11-18-14-3-1-2-4-15(14)20/h11-13,19H,1-9H2. The van der Waals surface area contributed by atoms with Crippen LogP contribution in [0.15, 0.2) is 6.33 Å². The van der Waals surface area contributed by atoms with Gasteiger partial charge in [-0.3, -0.25) is 5.32 Å². The maximum absolute atomic E-state index is 9.61. The molecule has 0 aromatic carbocycles. The molecule has 2 fully saturated rings. The molecule has 0 aliphatic heterocycles. The van der Waals surface area contributed by atoms with E-state index < -0.39 is 0 Å². The number of fused-ring (bicyclic) bond motifs is 1. The molecule has 4 rings (SSSR count). The number of nitrogens with one attached hydrogen (secondary N) is 1. The third kappa shape index (κ3) is 2.05. The second kappa shape index (κ2) is 4.60. The monoisotopic (exact) mass is 270 g/mol. The van der Waals surface area contributed by atoms with Crippen molar-refractivity contribution in [2.75, 3.05) is 0 Å². The van der Waals surface area contributed by atoms with E-state index >= 15 is 0 Å². The molecule has 0 saturated heterocycles. The molecular weight excluding hydrogens is 248 g/mol. The largest absolute Gasteiger partial charge is 0.331 e. The Balaban J connectivity index is 1.55. The summed E-state index contributed by atoms with van der Waals surface area (Å²) in [4.78, 5) is 4.61. The van der Waals surface area contributed by atoms with Crippen LogP contribution in [0.3, 0.4) is 0 Å². The lowest BCUT2D eigenvalue weighted by Gasteiger charge is -2.24. The smallest absolute Gasteiger partial charge is 0.109 e. The van der Waals surface area contributed by atoms with Gasteiger partial charge in [0, 0.05) is 17.8 Å². The summed E-state index contributed by atoms with van der Waals surface area (Å²) in [6.45, 7) is 0. The minimum absolute atomic E-state index is 0.280. The Bertz CT molecular complexity index is 551. The van der Waals surface area contributed by atoms with Crippen LogP contribution in [0, 0.1) is 11.3 Å². The van der Waals surface area contributed by atoms with E-state index in [4.69, 9.17) is 0 Å². The fraction of sp³-hybridized carbons (Fsp3) is 0.750. The second-order valence-electron chi connectivity index (χ2n) is 6.76. The quantitative estimate of drug-likeness (QED) is 0.918. The zero-order chi connectivity index (χ0) is 13.6. The van der Waals surface area contributed by atoms with Gasteiger partial charge < -0.3 is 4.57 Å². The summed E-state index contributed by atoms with van der Waals surface area (Å²) in [6, 6.07) is 3.65. The van der Waals surface area contributed by atoms with Crippen LogP contribution in [0.1, 0.15) is 62.4 Å². The average Bonchev–Trinajstić information content (AvgIpc) is 3.03. The summed E-state index contributed by atoms with van der Waals surface area (Å²) in [6.07, 6.45) is 12.4. The summed E-state index contributed by atoms with van der Waals surface area (Å²) >= 11 is 0. The van der Waals surface area contributed by atoms with E-state index in [-0.39, 0.29) is 5.54 Å². The highest BCUT2D eigenvalue weighted by Crippen LogP contribution is 2.41. The zero-order valence-electron chi connectivity index (χ0n) is 11.9. The van der Waals surface area contributed by atoms with Crippen molar-refractivity contribution in [3.8, 4) is 6.07 Å². The lowest BCUT2D eigenvalue weighted by molar-refractivity contribution is 0.392. The first-order valence-electron chi connectivity index (χ1n) is 8.03. The van der Waals surface area contributed by atoms with E-state index in [9.17, 15) is 5.26 Å². The van der Waals surface area contributed by atoms with Crippen LogP contribution in [0.5, 0.6) is 0 Å². The fourth-order valence-corrected chi connectivity index (χ4v) is 3.95. The Labute approximate surface area is 120 Å². The summed E-state index contributed by atoms with van der Waals surface area (Å²) in [5, 5.41) is 13.2. The van der Waals surface area contributed by atoms with Crippen molar-refractivity contribution in [1.29, 1.82) is 5.26 Å². The summed E-state index contributed by atoms with van der Waals surface area (Å²) in [7, 11) is 0. The van der Waals surface area contributed by atoms with Crippen molar-refractivity contribution in [3.05, 3.63) is 17.7 Å². The molecule has 2 atom stereocenters. The summed E-state index contributed by atoms with van der Waals surface area (Å²) in [5.74, 6) is 0. The van der Waals surface area contributed by atoms with E-state index in [1.807, 2.05) is 6.33 Å². The van der Waals surface area contributed by atoms with Gasteiger partial charge in [-0.1, -0.05) is 0 Å². The number of hydrogen-bond acceptors (Lipinski definition) is 3. The molecule has 3 aliphatic carbocycles. The minimum atomic E-state index is -0.280. The third-order valence-electron chi connectivity index (χ3n) is 5.21. The van der Waals surface area contributed by atoms with Gasteiger partial charge in [0.25, 0.3) is 0 Å². The van der Waals surface area contributed by atoms with E-state index in [0.29, 0.717) is 12.1 Å². The van der Waals surface area contributed by atoms with Crippen LogP contribution in [0.25, 0.3) is 0 Å². The Morgan fingerprint density at radius 1 is 1.30 bits per heavy atom. The van der Waals surface area contributed by atoms with Crippen molar-refractivity contribution in [2.24, 2.45) is 0 Å². The first-order chi connectivity index (χ1) is 9.80. The number of aryl methyl sites for hydroxylation is 1. The van der Waals surface area contributed by atoms with E-state index in [2.05, 4.69) is 20.9 Å².